The molecule has 2 rings (SSSR count). The maximum atomic E-state index is 12.3. The summed E-state index contributed by atoms with van der Waals surface area (Å²) in [6.07, 6.45) is 0. The van der Waals surface area contributed by atoms with Gasteiger partial charge in [0.15, 0.2) is 5.78 Å². The standard InChI is InChI=1S/C16H19NO2S/c1-12(16-8-5-9-20-16)17(2)11-15(18)13-6-4-7-14(10-13)19-3/h4-10,12H,11H2,1-3H3. The van der Waals surface area contributed by atoms with Crippen molar-refractivity contribution in [3.05, 3.63) is 52.2 Å². The number of nitrogens with zero attached hydrogens (tertiary/aromatic N) is 1. The minimum absolute atomic E-state index is 0.106. The Labute approximate surface area is 123 Å². The van der Waals surface area contributed by atoms with E-state index in [1.54, 1.807) is 24.5 Å². The summed E-state index contributed by atoms with van der Waals surface area (Å²) in [6, 6.07) is 11.7. The number of carbonyl (C=O) groups is 1. The lowest BCUT2D eigenvalue weighted by Crippen LogP contribution is -2.28. The molecule has 1 aromatic heterocycles. The fourth-order valence-corrected chi connectivity index (χ4v) is 2.85. The van der Waals surface area contributed by atoms with Crippen LogP contribution in [0.25, 0.3) is 0 Å². The second-order valence-electron chi connectivity index (χ2n) is 4.76. The Bertz CT molecular complexity index is 566. The lowest BCUT2D eigenvalue weighted by molar-refractivity contribution is 0.0925. The maximum absolute atomic E-state index is 12.3. The van der Waals surface area contributed by atoms with Crippen LogP contribution in [-0.2, 0) is 0 Å². The highest BCUT2D eigenvalue weighted by atomic mass is 32.1. The number of ether oxygens (including phenoxy) is 1. The average molecular weight is 289 g/mol. The van der Waals surface area contributed by atoms with Gasteiger partial charge in [-0.25, -0.2) is 0 Å². The van der Waals surface area contributed by atoms with E-state index in [1.807, 2.05) is 31.3 Å². The zero-order chi connectivity index (χ0) is 14.5. The molecule has 0 radical (unpaired) electrons. The van der Waals surface area contributed by atoms with Gasteiger partial charge in [0.25, 0.3) is 0 Å². The largest absolute Gasteiger partial charge is 0.497 e. The molecule has 0 aliphatic rings. The molecule has 0 amide bonds. The first-order chi connectivity index (χ1) is 9.61. The van der Waals surface area contributed by atoms with Gasteiger partial charge in [0.05, 0.1) is 13.7 Å². The summed E-state index contributed by atoms with van der Waals surface area (Å²) in [6.45, 7) is 2.51. The number of hydrogen-bond donors (Lipinski definition) is 0. The summed E-state index contributed by atoms with van der Waals surface area (Å²) < 4.78 is 5.15. The number of likely N-dealkylation sites (N-methyl/N-ethyl adjacent to an activating group) is 1. The van der Waals surface area contributed by atoms with Gasteiger partial charge in [-0.3, -0.25) is 9.69 Å². The molecule has 106 valence electrons. The third-order valence-corrected chi connectivity index (χ3v) is 4.44. The van der Waals surface area contributed by atoms with Crippen molar-refractivity contribution >= 4 is 17.1 Å². The van der Waals surface area contributed by atoms with Gasteiger partial charge in [-0.15, -0.1) is 11.3 Å². The van der Waals surface area contributed by atoms with Gasteiger partial charge >= 0.3 is 0 Å². The molecule has 20 heavy (non-hydrogen) atoms. The highest BCUT2D eigenvalue weighted by molar-refractivity contribution is 7.10. The number of carbonyl (C=O) groups excluding carboxylic acids is 1. The Balaban J connectivity index is 2.03. The average Bonchev–Trinajstić information content (AvgIpc) is 3.00. The molecule has 1 aromatic carbocycles. The van der Waals surface area contributed by atoms with Crippen molar-refractivity contribution in [1.82, 2.24) is 4.90 Å². The number of rotatable bonds is 6. The molecule has 1 unspecified atom stereocenters. The molecule has 0 spiro atoms. The van der Waals surface area contributed by atoms with Crippen LogP contribution in [0.5, 0.6) is 5.75 Å². The third kappa shape index (κ3) is 3.46. The molecule has 0 bridgehead atoms. The summed E-state index contributed by atoms with van der Waals surface area (Å²) in [5.74, 6) is 0.819. The van der Waals surface area contributed by atoms with E-state index in [2.05, 4.69) is 23.3 Å². The SMILES string of the molecule is COc1cccc(C(=O)CN(C)C(C)c2cccs2)c1. The number of methoxy groups -OCH3 is 1. The van der Waals surface area contributed by atoms with Crippen LogP contribution in [0.3, 0.4) is 0 Å². The molecular formula is C16H19NO2S. The first-order valence-electron chi connectivity index (χ1n) is 6.52. The summed E-state index contributed by atoms with van der Waals surface area (Å²) in [5.41, 5.74) is 0.689. The Morgan fingerprint density at radius 1 is 1.35 bits per heavy atom. The Hall–Kier alpha value is -1.65. The van der Waals surface area contributed by atoms with Gasteiger partial charge < -0.3 is 4.74 Å². The van der Waals surface area contributed by atoms with Crippen molar-refractivity contribution in [3.63, 3.8) is 0 Å². The van der Waals surface area contributed by atoms with Crippen LogP contribution >= 0.6 is 11.3 Å². The van der Waals surface area contributed by atoms with E-state index >= 15 is 0 Å². The van der Waals surface area contributed by atoms with Crippen molar-refractivity contribution in [1.29, 1.82) is 0 Å². The molecule has 4 heteroatoms. The molecule has 2 aromatic rings. The zero-order valence-electron chi connectivity index (χ0n) is 12.0. The predicted molar refractivity (Wildman–Crippen MR) is 82.7 cm³/mol. The number of hydrogen-bond acceptors (Lipinski definition) is 4. The maximum Gasteiger partial charge on any atom is 0.176 e. The smallest absolute Gasteiger partial charge is 0.176 e. The highest BCUT2D eigenvalue weighted by Crippen LogP contribution is 2.23. The van der Waals surface area contributed by atoms with Crippen LogP contribution in [-0.4, -0.2) is 31.4 Å². The quantitative estimate of drug-likeness (QED) is 0.761. The monoisotopic (exact) mass is 289 g/mol. The summed E-state index contributed by atoms with van der Waals surface area (Å²) >= 11 is 1.72. The first-order valence-corrected chi connectivity index (χ1v) is 7.40. The molecule has 0 aliphatic carbocycles. The van der Waals surface area contributed by atoms with E-state index in [-0.39, 0.29) is 11.8 Å². The van der Waals surface area contributed by atoms with E-state index in [4.69, 9.17) is 4.74 Å². The van der Waals surface area contributed by atoms with Crippen molar-refractivity contribution in [3.8, 4) is 5.75 Å². The summed E-state index contributed by atoms with van der Waals surface area (Å²) in [4.78, 5) is 15.6. The summed E-state index contributed by atoms with van der Waals surface area (Å²) in [5, 5.41) is 2.06. The van der Waals surface area contributed by atoms with E-state index < -0.39 is 0 Å². The lowest BCUT2D eigenvalue weighted by Gasteiger charge is -2.23. The molecule has 0 saturated carbocycles. The second-order valence-corrected chi connectivity index (χ2v) is 5.74. The molecular weight excluding hydrogens is 270 g/mol. The fraction of sp³-hybridized carbons (Fsp3) is 0.312. The van der Waals surface area contributed by atoms with Crippen molar-refractivity contribution in [2.45, 2.75) is 13.0 Å². The van der Waals surface area contributed by atoms with Crippen LogP contribution in [0.15, 0.2) is 41.8 Å². The molecule has 0 N–H and O–H groups in total. The third-order valence-electron chi connectivity index (χ3n) is 3.40. The van der Waals surface area contributed by atoms with Crippen molar-refractivity contribution in [2.24, 2.45) is 0 Å². The minimum Gasteiger partial charge on any atom is -0.497 e. The van der Waals surface area contributed by atoms with Gasteiger partial charge in [0.2, 0.25) is 0 Å². The van der Waals surface area contributed by atoms with Crippen LogP contribution < -0.4 is 4.74 Å². The highest BCUT2D eigenvalue weighted by Gasteiger charge is 2.16. The minimum atomic E-state index is 0.106. The van der Waals surface area contributed by atoms with Gasteiger partial charge in [-0.1, -0.05) is 18.2 Å². The molecule has 0 saturated heterocycles. The van der Waals surface area contributed by atoms with Crippen molar-refractivity contribution in [2.75, 3.05) is 20.7 Å². The first kappa shape index (κ1) is 14.8. The Morgan fingerprint density at radius 3 is 2.80 bits per heavy atom. The zero-order valence-corrected chi connectivity index (χ0v) is 12.8. The van der Waals surface area contributed by atoms with Crippen molar-refractivity contribution < 1.29 is 9.53 Å². The normalized spacial score (nSPS) is 12.4. The van der Waals surface area contributed by atoms with Crippen LogP contribution in [0.2, 0.25) is 0 Å². The number of benzene rings is 1. The van der Waals surface area contributed by atoms with E-state index in [9.17, 15) is 4.79 Å². The molecule has 3 nitrogen and oxygen atoms in total. The van der Waals surface area contributed by atoms with Crippen LogP contribution in [0, 0.1) is 0 Å². The Morgan fingerprint density at radius 2 is 2.15 bits per heavy atom. The Kier molecular flexibility index (Phi) is 4.93. The van der Waals surface area contributed by atoms with E-state index in [0.717, 1.165) is 0 Å². The number of Topliss-reactive ketones (excluding diaryl/α,β-unsaturated/α-hetero) is 1. The molecule has 0 fully saturated rings. The lowest BCUT2D eigenvalue weighted by atomic mass is 10.1. The number of ketones is 1. The van der Waals surface area contributed by atoms with Crippen LogP contribution in [0.4, 0.5) is 0 Å². The predicted octanol–water partition coefficient (Wildman–Crippen LogP) is 3.63. The van der Waals surface area contributed by atoms with Gasteiger partial charge in [0, 0.05) is 16.5 Å². The molecule has 1 heterocycles. The van der Waals surface area contributed by atoms with Gasteiger partial charge in [-0.05, 0) is 37.6 Å². The summed E-state index contributed by atoms with van der Waals surface area (Å²) in [7, 11) is 3.58. The topological polar surface area (TPSA) is 29.5 Å². The fourth-order valence-electron chi connectivity index (χ4n) is 2.00. The van der Waals surface area contributed by atoms with Gasteiger partial charge in [0.1, 0.15) is 5.75 Å². The second kappa shape index (κ2) is 6.68. The van der Waals surface area contributed by atoms with Crippen LogP contribution in [0.1, 0.15) is 28.2 Å². The van der Waals surface area contributed by atoms with Gasteiger partial charge in [-0.2, -0.15) is 0 Å². The van der Waals surface area contributed by atoms with E-state index in [1.165, 1.54) is 4.88 Å². The number of thiophene rings is 1. The van der Waals surface area contributed by atoms with E-state index in [0.29, 0.717) is 17.9 Å². The molecule has 0 aliphatic heterocycles. The molecule has 1 atom stereocenters.